The highest BCUT2D eigenvalue weighted by Gasteiger charge is 2.05. The number of furan rings is 1. The van der Waals surface area contributed by atoms with Gasteiger partial charge in [-0.1, -0.05) is 0 Å². The normalized spacial score (nSPS) is 10.1. The fraction of sp³-hybridized carbons (Fsp3) is 0. The molecule has 0 aliphatic heterocycles. The van der Waals surface area contributed by atoms with E-state index in [-0.39, 0.29) is 0 Å². The number of aromatic nitrogens is 2. The molecule has 0 aliphatic carbocycles. The first-order valence-electron chi connectivity index (χ1n) is 3.37. The van der Waals surface area contributed by atoms with E-state index in [1.54, 1.807) is 12.5 Å². The maximum atomic E-state index is 5.18. The van der Waals surface area contributed by atoms with Crippen molar-refractivity contribution < 1.29 is 4.42 Å². The van der Waals surface area contributed by atoms with Gasteiger partial charge in [-0.05, 0) is 28.1 Å². The first-order chi connectivity index (χ1) is 5.88. The lowest BCUT2D eigenvalue weighted by molar-refractivity contribution is 0.579. The van der Waals surface area contributed by atoms with Crippen LogP contribution in [0.15, 0.2) is 39.8 Å². The molecule has 0 bridgehead atoms. The van der Waals surface area contributed by atoms with Crippen molar-refractivity contribution >= 4 is 15.9 Å². The third-order valence-electron chi connectivity index (χ3n) is 1.42. The van der Waals surface area contributed by atoms with Gasteiger partial charge < -0.3 is 4.42 Å². The largest absolute Gasteiger partial charge is 0.463 e. The van der Waals surface area contributed by atoms with Gasteiger partial charge in [0.1, 0.15) is 12.0 Å². The Labute approximate surface area is 77.6 Å². The molecule has 0 atom stereocenters. The zero-order valence-corrected chi connectivity index (χ0v) is 7.65. The predicted molar refractivity (Wildman–Crippen MR) is 47.4 cm³/mol. The van der Waals surface area contributed by atoms with Gasteiger partial charge in [0.05, 0.1) is 10.7 Å². The first kappa shape index (κ1) is 7.49. The highest BCUT2D eigenvalue weighted by atomic mass is 79.9. The van der Waals surface area contributed by atoms with Crippen molar-refractivity contribution in [2.45, 2.75) is 0 Å². The molecule has 3 nitrogen and oxygen atoms in total. The van der Waals surface area contributed by atoms with Crippen molar-refractivity contribution in [3.63, 3.8) is 0 Å². The minimum absolute atomic E-state index is 0.740. The number of hydrogen-bond donors (Lipinski definition) is 0. The van der Waals surface area contributed by atoms with E-state index >= 15 is 0 Å². The van der Waals surface area contributed by atoms with Gasteiger partial charge in [-0.25, -0.2) is 9.97 Å². The topological polar surface area (TPSA) is 38.9 Å². The van der Waals surface area contributed by atoms with Gasteiger partial charge in [0.25, 0.3) is 0 Å². The average Bonchev–Trinajstić information content (AvgIpc) is 2.57. The second-order valence-corrected chi connectivity index (χ2v) is 3.05. The Kier molecular flexibility index (Phi) is 1.91. The minimum atomic E-state index is 0.740. The Morgan fingerprint density at radius 3 is 3.00 bits per heavy atom. The third-order valence-corrected chi connectivity index (χ3v) is 2.00. The monoisotopic (exact) mass is 224 g/mol. The van der Waals surface area contributed by atoms with E-state index in [9.17, 15) is 0 Å². The lowest BCUT2D eigenvalue weighted by atomic mass is 10.3. The van der Waals surface area contributed by atoms with E-state index in [0.717, 1.165) is 15.9 Å². The fourth-order valence-electron chi connectivity index (χ4n) is 0.907. The quantitative estimate of drug-likeness (QED) is 0.748. The van der Waals surface area contributed by atoms with Gasteiger partial charge in [0.15, 0.2) is 5.76 Å². The average molecular weight is 225 g/mol. The smallest absolute Gasteiger partial charge is 0.153 e. The summed E-state index contributed by atoms with van der Waals surface area (Å²) >= 11 is 3.33. The van der Waals surface area contributed by atoms with Gasteiger partial charge in [-0.3, -0.25) is 0 Å². The van der Waals surface area contributed by atoms with Crippen molar-refractivity contribution in [3.8, 4) is 11.5 Å². The predicted octanol–water partition coefficient (Wildman–Crippen LogP) is 2.50. The van der Waals surface area contributed by atoms with Gasteiger partial charge in [-0.2, -0.15) is 0 Å². The van der Waals surface area contributed by atoms with Crippen molar-refractivity contribution in [2.24, 2.45) is 0 Å². The van der Waals surface area contributed by atoms with Crippen LogP contribution < -0.4 is 0 Å². The molecule has 0 saturated heterocycles. The molecule has 2 aromatic heterocycles. The van der Waals surface area contributed by atoms with E-state index < -0.39 is 0 Å². The van der Waals surface area contributed by atoms with Crippen LogP contribution in [0.2, 0.25) is 0 Å². The first-order valence-corrected chi connectivity index (χ1v) is 4.16. The van der Waals surface area contributed by atoms with Crippen LogP contribution >= 0.6 is 15.9 Å². The Morgan fingerprint density at radius 2 is 2.33 bits per heavy atom. The van der Waals surface area contributed by atoms with E-state index in [4.69, 9.17) is 4.42 Å². The molecule has 0 radical (unpaired) electrons. The second-order valence-electron chi connectivity index (χ2n) is 2.20. The van der Waals surface area contributed by atoms with Gasteiger partial charge >= 0.3 is 0 Å². The third kappa shape index (κ3) is 1.25. The molecule has 0 aromatic carbocycles. The number of rotatable bonds is 1. The molecule has 12 heavy (non-hydrogen) atoms. The molecular formula is C8H5BrN2O. The summed E-state index contributed by atoms with van der Waals surface area (Å²) in [7, 11) is 0. The summed E-state index contributed by atoms with van der Waals surface area (Å²) in [6.07, 6.45) is 4.79. The Bertz CT molecular complexity index is 372. The maximum absolute atomic E-state index is 5.18. The summed E-state index contributed by atoms with van der Waals surface area (Å²) in [4.78, 5) is 7.92. The van der Waals surface area contributed by atoms with E-state index in [1.165, 1.54) is 6.33 Å². The second kappa shape index (κ2) is 3.06. The summed E-state index contributed by atoms with van der Waals surface area (Å²) in [5.41, 5.74) is 0.773. The molecule has 0 aliphatic rings. The highest BCUT2D eigenvalue weighted by molar-refractivity contribution is 9.10. The van der Waals surface area contributed by atoms with E-state index in [2.05, 4.69) is 25.9 Å². The van der Waals surface area contributed by atoms with Gasteiger partial charge in [0, 0.05) is 6.20 Å². The summed E-state index contributed by atoms with van der Waals surface area (Å²) in [6.45, 7) is 0. The van der Waals surface area contributed by atoms with Crippen LogP contribution in [0.3, 0.4) is 0 Å². The standard InChI is InChI=1S/C8H5BrN2O/c9-6-4-10-5-11-8(6)7-2-1-3-12-7/h1-5H. The molecule has 0 spiro atoms. The molecule has 0 amide bonds. The van der Waals surface area contributed by atoms with E-state index in [1.807, 2.05) is 12.1 Å². The summed E-state index contributed by atoms with van der Waals surface area (Å²) in [5, 5.41) is 0. The molecular weight excluding hydrogens is 220 g/mol. The van der Waals surface area contributed by atoms with Crippen LogP contribution in [-0.4, -0.2) is 9.97 Å². The maximum Gasteiger partial charge on any atom is 0.153 e. The molecule has 2 heterocycles. The van der Waals surface area contributed by atoms with Crippen LogP contribution in [0, 0.1) is 0 Å². The van der Waals surface area contributed by atoms with Crippen molar-refractivity contribution in [3.05, 3.63) is 35.4 Å². The molecule has 4 heteroatoms. The number of nitrogens with zero attached hydrogens (tertiary/aromatic N) is 2. The van der Waals surface area contributed by atoms with Gasteiger partial charge in [0.2, 0.25) is 0 Å². The van der Waals surface area contributed by atoms with Crippen LogP contribution in [0.1, 0.15) is 0 Å². The Balaban J connectivity index is 2.55. The molecule has 60 valence electrons. The lowest BCUT2D eigenvalue weighted by Gasteiger charge is -1.96. The Morgan fingerprint density at radius 1 is 1.42 bits per heavy atom. The molecule has 0 fully saturated rings. The van der Waals surface area contributed by atoms with Crippen molar-refractivity contribution in [2.75, 3.05) is 0 Å². The molecule has 0 unspecified atom stereocenters. The summed E-state index contributed by atoms with van der Waals surface area (Å²) in [5.74, 6) is 0.740. The van der Waals surface area contributed by atoms with Gasteiger partial charge in [-0.15, -0.1) is 0 Å². The molecule has 0 N–H and O–H groups in total. The number of halogens is 1. The lowest BCUT2D eigenvalue weighted by Crippen LogP contribution is -1.83. The van der Waals surface area contributed by atoms with Crippen molar-refractivity contribution in [1.29, 1.82) is 0 Å². The van der Waals surface area contributed by atoms with Crippen LogP contribution in [0.5, 0.6) is 0 Å². The molecule has 2 rings (SSSR count). The molecule has 0 saturated carbocycles. The minimum Gasteiger partial charge on any atom is -0.463 e. The highest BCUT2D eigenvalue weighted by Crippen LogP contribution is 2.24. The zero-order chi connectivity index (χ0) is 8.39. The van der Waals surface area contributed by atoms with Crippen molar-refractivity contribution in [1.82, 2.24) is 9.97 Å². The Hall–Kier alpha value is -1.16. The van der Waals surface area contributed by atoms with E-state index in [0.29, 0.717) is 0 Å². The molecule has 2 aromatic rings. The van der Waals surface area contributed by atoms with Crippen LogP contribution in [-0.2, 0) is 0 Å². The summed E-state index contributed by atoms with van der Waals surface area (Å²) in [6, 6.07) is 3.68. The van der Waals surface area contributed by atoms with Crippen LogP contribution in [0.25, 0.3) is 11.5 Å². The number of hydrogen-bond acceptors (Lipinski definition) is 3. The fourth-order valence-corrected chi connectivity index (χ4v) is 1.32. The summed E-state index contributed by atoms with van der Waals surface area (Å²) < 4.78 is 6.01. The zero-order valence-electron chi connectivity index (χ0n) is 6.07. The SMILES string of the molecule is Brc1cncnc1-c1ccco1. The van der Waals surface area contributed by atoms with Crippen LogP contribution in [0.4, 0.5) is 0 Å².